The van der Waals surface area contributed by atoms with Crippen molar-refractivity contribution in [2.45, 2.75) is 69.5 Å². The second-order valence-electron chi connectivity index (χ2n) is 6.96. The fourth-order valence-electron chi connectivity index (χ4n) is 3.32. The van der Waals surface area contributed by atoms with Gasteiger partial charge in [-0.1, -0.05) is 18.2 Å². The Bertz CT molecular complexity index is 481. The van der Waals surface area contributed by atoms with E-state index in [1.807, 2.05) is 6.07 Å². The fraction of sp³-hybridized carbons (Fsp3) is 0.588. The van der Waals surface area contributed by atoms with Crippen LogP contribution in [-0.4, -0.2) is 27.5 Å². The minimum atomic E-state index is -0.184. The Morgan fingerprint density at radius 2 is 1.67 bits per heavy atom. The summed E-state index contributed by atoms with van der Waals surface area (Å²) in [6.07, 6.45) is 1.71. The molecule has 3 nitrogen and oxygen atoms in total. The number of esters is 1. The number of hydrogen-bond donors (Lipinski definition) is 0. The zero-order valence-corrected chi connectivity index (χ0v) is 14.4. The molecule has 0 spiro atoms. The van der Waals surface area contributed by atoms with Crippen LogP contribution in [0.2, 0.25) is 0 Å². The third kappa shape index (κ3) is 4.01. The summed E-state index contributed by atoms with van der Waals surface area (Å²) in [5, 5.41) is 0. The van der Waals surface area contributed by atoms with Gasteiger partial charge in [-0.15, -0.1) is 0 Å². The molecule has 0 radical (unpaired) electrons. The van der Waals surface area contributed by atoms with Gasteiger partial charge < -0.3 is 4.74 Å². The number of rotatable bonds is 3. The average Bonchev–Trinajstić information content (AvgIpc) is 2.33. The monoisotopic (exact) mass is 307 g/mol. The van der Waals surface area contributed by atoms with Gasteiger partial charge in [-0.3, -0.25) is 4.79 Å². The summed E-state index contributed by atoms with van der Waals surface area (Å²) in [5.74, 6) is -0.184. The lowest BCUT2D eigenvalue weighted by Gasteiger charge is -2.53. The molecular formula is C17H25NO2S. The normalized spacial score (nSPS) is 22.0. The predicted molar refractivity (Wildman–Crippen MR) is 87.1 cm³/mol. The van der Waals surface area contributed by atoms with Crippen LogP contribution in [0.25, 0.3) is 0 Å². The Hall–Kier alpha value is -1.00. The summed E-state index contributed by atoms with van der Waals surface area (Å²) in [6, 6.07) is 10.4. The Morgan fingerprint density at radius 1 is 1.14 bits per heavy atom. The predicted octanol–water partition coefficient (Wildman–Crippen LogP) is 4.28. The van der Waals surface area contributed by atoms with Gasteiger partial charge in [0.25, 0.3) is 0 Å². The molecule has 0 bridgehead atoms. The molecule has 0 saturated carbocycles. The van der Waals surface area contributed by atoms with Crippen molar-refractivity contribution in [2.75, 3.05) is 0 Å². The first-order chi connectivity index (χ1) is 9.71. The molecule has 21 heavy (non-hydrogen) atoms. The lowest BCUT2D eigenvalue weighted by atomic mass is 9.81. The second kappa shape index (κ2) is 6.01. The molecule has 0 amide bonds. The largest absolute Gasteiger partial charge is 0.462 e. The van der Waals surface area contributed by atoms with Gasteiger partial charge in [-0.05, 0) is 51.8 Å². The van der Waals surface area contributed by atoms with Crippen molar-refractivity contribution in [1.29, 1.82) is 0 Å². The van der Waals surface area contributed by atoms with Gasteiger partial charge in [0.05, 0.1) is 0 Å². The second-order valence-corrected chi connectivity index (χ2v) is 7.98. The quantitative estimate of drug-likeness (QED) is 0.616. The number of carbonyl (C=O) groups excluding carboxylic acids is 1. The van der Waals surface area contributed by atoms with Crippen LogP contribution in [0, 0.1) is 0 Å². The van der Waals surface area contributed by atoms with Crippen LogP contribution in [0.15, 0.2) is 35.2 Å². The van der Waals surface area contributed by atoms with Crippen molar-refractivity contribution >= 4 is 17.9 Å². The first kappa shape index (κ1) is 16.4. The highest BCUT2D eigenvalue weighted by Gasteiger charge is 2.47. The van der Waals surface area contributed by atoms with Gasteiger partial charge in [0.2, 0.25) is 0 Å². The van der Waals surface area contributed by atoms with E-state index in [0.717, 1.165) is 12.8 Å². The maximum absolute atomic E-state index is 11.3. The van der Waals surface area contributed by atoms with Crippen LogP contribution in [0.1, 0.15) is 47.5 Å². The smallest absolute Gasteiger partial charge is 0.302 e. The van der Waals surface area contributed by atoms with E-state index >= 15 is 0 Å². The van der Waals surface area contributed by atoms with Crippen LogP contribution in [0.4, 0.5) is 0 Å². The molecule has 1 saturated heterocycles. The molecule has 1 heterocycles. The standard InChI is InChI=1S/C17H25NO2S/c1-13(19)20-14-11-16(2,3)18(17(4,5)12-14)21-15-9-7-6-8-10-15/h6-10,14H,11-12H2,1-5H3. The van der Waals surface area contributed by atoms with E-state index < -0.39 is 0 Å². The molecule has 1 aromatic rings. The first-order valence-corrected chi connectivity index (χ1v) is 8.19. The van der Waals surface area contributed by atoms with Crippen molar-refractivity contribution in [3.8, 4) is 0 Å². The van der Waals surface area contributed by atoms with Gasteiger partial charge in [0, 0.05) is 35.7 Å². The highest BCUT2D eigenvalue weighted by molar-refractivity contribution is 7.97. The van der Waals surface area contributed by atoms with Crippen molar-refractivity contribution in [3.63, 3.8) is 0 Å². The van der Waals surface area contributed by atoms with Gasteiger partial charge in [-0.2, -0.15) is 0 Å². The third-order valence-corrected chi connectivity index (χ3v) is 5.48. The first-order valence-electron chi connectivity index (χ1n) is 7.41. The maximum Gasteiger partial charge on any atom is 0.302 e. The highest BCUT2D eigenvalue weighted by atomic mass is 32.2. The topological polar surface area (TPSA) is 29.5 Å². The minimum Gasteiger partial charge on any atom is -0.462 e. The van der Waals surface area contributed by atoms with E-state index in [0.29, 0.717) is 0 Å². The summed E-state index contributed by atoms with van der Waals surface area (Å²) in [5.41, 5.74) is -0.0786. The van der Waals surface area contributed by atoms with Crippen molar-refractivity contribution in [1.82, 2.24) is 4.31 Å². The summed E-state index contributed by atoms with van der Waals surface area (Å²) in [6.45, 7) is 10.4. The Kier molecular flexibility index (Phi) is 4.69. The SMILES string of the molecule is CC(=O)OC1CC(C)(C)N(Sc2ccccc2)C(C)(C)C1. The summed E-state index contributed by atoms with van der Waals surface area (Å²) >= 11 is 1.79. The minimum absolute atomic E-state index is 0.000114. The van der Waals surface area contributed by atoms with E-state index in [-0.39, 0.29) is 23.2 Å². The molecular weight excluding hydrogens is 282 g/mol. The molecule has 1 aliphatic heterocycles. The van der Waals surface area contributed by atoms with Crippen molar-refractivity contribution < 1.29 is 9.53 Å². The maximum atomic E-state index is 11.3. The van der Waals surface area contributed by atoms with E-state index in [2.05, 4.69) is 56.3 Å². The molecule has 0 atom stereocenters. The van der Waals surface area contributed by atoms with Gasteiger partial charge in [0.1, 0.15) is 6.10 Å². The van der Waals surface area contributed by atoms with Gasteiger partial charge in [0.15, 0.2) is 0 Å². The van der Waals surface area contributed by atoms with Crippen LogP contribution in [0.3, 0.4) is 0 Å². The van der Waals surface area contributed by atoms with Crippen molar-refractivity contribution in [2.24, 2.45) is 0 Å². The van der Waals surface area contributed by atoms with Crippen LogP contribution in [0.5, 0.6) is 0 Å². The number of benzene rings is 1. The molecule has 0 N–H and O–H groups in total. The van der Waals surface area contributed by atoms with E-state index in [1.165, 1.54) is 11.8 Å². The van der Waals surface area contributed by atoms with E-state index in [9.17, 15) is 4.79 Å². The molecule has 1 fully saturated rings. The Morgan fingerprint density at radius 3 is 2.14 bits per heavy atom. The number of ether oxygens (including phenoxy) is 1. The zero-order valence-electron chi connectivity index (χ0n) is 13.6. The van der Waals surface area contributed by atoms with Gasteiger partial charge >= 0.3 is 5.97 Å². The molecule has 4 heteroatoms. The summed E-state index contributed by atoms with van der Waals surface area (Å²) in [4.78, 5) is 12.5. The van der Waals surface area contributed by atoms with Crippen molar-refractivity contribution in [3.05, 3.63) is 30.3 Å². The van der Waals surface area contributed by atoms with E-state index in [4.69, 9.17) is 4.74 Å². The molecule has 0 unspecified atom stereocenters. The molecule has 2 rings (SSSR count). The van der Waals surface area contributed by atoms with Crippen LogP contribution in [-0.2, 0) is 9.53 Å². The Labute approximate surface area is 132 Å². The van der Waals surface area contributed by atoms with E-state index in [1.54, 1.807) is 11.9 Å². The number of piperidine rings is 1. The zero-order chi connectivity index (χ0) is 15.7. The van der Waals surface area contributed by atoms with Gasteiger partial charge in [-0.25, -0.2) is 4.31 Å². The lowest BCUT2D eigenvalue weighted by molar-refractivity contribution is -0.152. The average molecular weight is 307 g/mol. The number of hydrogen-bond acceptors (Lipinski definition) is 4. The number of nitrogens with zero attached hydrogens (tertiary/aromatic N) is 1. The summed E-state index contributed by atoms with van der Waals surface area (Å²) < 4.78 is 7.94. The molecule has 1 aliphatic rings. The summed E-state index contributed by atoms with van der Waals surface area (Å²) in [7, 11) is 0. The fourth-order valence-corrected chi connectivity index (χ4v) is 4.46. The molecule has 1 aromatic carbocycles. The van der Waals surface area contributed by atoms with Crippen LogP contribution >= 0.6 is 11.9 Å². The number of carbonyl (C=O) groups is 1. The molecule has 0 aromatic heterocycles. The molecule has 0 aliphatic carbocycles. The molecule has 116 valence electrons. The van der Waals surface area contributed by atoms with Crippen LogP contribution < -0.4 is 0 Å². The highest BCUT2D eigenvalue weighted by Crippen LogP contribution is 2.46. The Balaban J connectivity index is 2.19. The lowest BCUT2D eigenvalue weighted by Crippen LogP contribution is -2.59. The third-order valence-electron chi connectivity index (χ3n) is 3.83.